The fourth-order valence-electron chi connectivity index (χ4n) is 1.91. The Bertz CT molecular complexity index is 487. The van der Waals surface area contributed by atoms with Gasteiger partial charge in [-0.25, -0.2) is 9.97 Å². The van der Waals surface area contributed by atoms with Crippen LogP contribution in [-0.2, 0) is 6.54 Å². The number of para-hydroxylation sites is 1. The molecule has 0 aliphatic heterocycles. The van der Waals surface area contributed by atoms with Crippen molar-refractivity contribution in [1.82, 2.24) is 15.3 Å². The van der Waals surface area contributed by atoms with Crippen molar-refractivity contribution in [2.45, 2.75) is 25.9 Å². The molecule has 94 valence electrons. The summed E-state index contributed by atoms with van der Waals surface area (Å²) in [7, 11) is 0. The average molecular weight is 243 g/mol. The lowest BCUT2D eigenvalue weighted by Crippen LogP contribution is -2.20. The predicted octanol–water partition coefficient (Wildman–Crippen LogP) is 2.42. The van der Waals surface area contributed by atoms with Crippen molar-refractivity contribution in [3.63, 3.8) is 0 Å². The molecular formula is C14H17N3O. The van der Waals surface area contributed by atoms with Gasteiger partial charge in [0.05, 0.1) is 5.69 Å². The van der Waals surface area contributed by atoms with Crippen LogP contribution in [-0.4, -0.2) is 15.1 Å². The van der Waals surface area contributed by atoms with E-state index in [1.807, 2.05) is 24.3 Å². The summed E-state index contributed by atoms with van der Waals surface area (Å²) in [6, 6.07) is 9.42. The van der Waals surface area contributed by atoms with Gasteiger partial charge in [-0.1, -0.05) is 25.1 Å². The van der Waals surface area contributed by atoms with Crippen LogP contribution < -0.4 is 5.32 Å². The minimum Gasteiger partial charge on any atom is -0.508 e. The summed E-state index contributed by atoms with van der Waals surface area (Å²) in [6.07, 6.45) is 4.17. The molecule has 1 atom stereocenters. The second-order valence-electron chi connectivity index (χ2n) is 4.10. The van der Waals surface area contributed by atoms with Gasteiger partial charge in [0.2, 0.25) is 0 Å². The molecule has 2 N–H and O–H groups in total. The second kappa shape index (κ2) is 6.12. The van der Waals surface area contributed by atoms with Gasteiger partial charge in [0, 0.05) is 24.3 Å². The standard InChI is InChI=1S/C14H17N3O/c1-2-13(12-5-3-4-6-14(12)18)16-9-11-7-8-15-10-17-11/h3-8,10,13,16,18H,2,9H2,1H3. The summed E-state index contributed by atoms with van der Waals surface area (Å²) in [5, 5.41) is 13.2. The number of phenols is 1. The highest BCUT2D eigenvalue weighted by Gasteiger charge is 2.12. The maximum Gasteiger partial charge on any atom is 0.120 e. The second-order valence-corrected chi connectivity index (χ2v) is 4.10. The van der Waals surface area contributed by atoms with Crippen molar-refractivity contribution in [3.05, 3.63) is 54.1 Å². The van der Waals surface area contributed by atoms with E-state index < -0.39 is 0 Å². The zero-order valence-corrected chi connectivity index (χ0v) is 10.4. The van der Waals surface area contributed by atoms with E-state index in [4.69, 9.17) is 0 Å². The molecule has 0 bridgehead atoms. The van der Waals surface area contributed by atoms with Gasteiger partial charge in [-0.3, -0.25) is 0 Å². The summed E-state index contributed by atoms with van der Waals surface area (Å²) < 4.78 is 0. The zero-order chi connectivity index (χ0) is 12.8. The first-order chi connectivity index (χ1) is 8.81. The van der Waals surface area contributed by atoms with Gasteiger partial charge >= 0.3 is 0 Å². The lowest BCUT2D eigenvalue weighted by molar-refractivity contribution is 0.439. The molecule has 0 radical (unpaired) electrons. The first-order valence-electron chi connectivity index (χ1n) is 6.07. The molecule has 1 unspecified atom stereocenters. The quantitative estimate of drug-likeness (QED) is 0.846. The van der Waals surface area contributed by atoms with Crippen molar-refractivity contribution in [3.8, 4) is 5.75 Å². The Hall–Kier alpha value is -1.94. The molecule has 2 rings (SSSR count). The van der Waals surface area contributed by atoms with Crippen molar-refractivity contribution in [2.24, 2.45) is 0 Å². The smallest absolute Gasteiger partial charge is 0.120 e. The number of aromatic nitrogens is 2. The van der Waals surface area contributed by atoms with Gasteiger partial charge < -0.3 is 10.4 Å². The fraction of sp³-hybridized carbons (Fsp3) is 0.286. The molecule has 18 heavy (non-hydrogen) atoms. The fourth-order valence-corrected chi connectivity index (χ4v) is 1.91. The molecular weight excluding hydrogens is 226 g/mol. The molecule has 0 saturated heterocycles. The van der Waals surface area contributed by atoms with Crippen LogP contribution >= 0.6 is 0 Å². The summed E-state index contributed by atoms with van der Waals surface area (Å²) in [5.41, 5.74) is 1.87. The van der Waals surface area contributed by atoms with Gasteiger partial charge in [0.25, 0.3) is 0 Å². The highest BCUT2D eigenvalue weighted by atomic mass is 16.3. The lowest BCUT2D eigenvalue weighted by atomic mass is 10.0. The summed E-state index contributed by atoms with van der Waals surface area (Å²) in [4.78, 5) is 8.05. The SMILES string of the molecule is CCC(NCc1ccncn1)c1ccccc1O. The Balaban J connectivity index is 2.04. The van der Waals surface area contributed by atoms with Crippen LogP contribution in [0.2, 0.25) is 0 Å². The van der Waals surface area contributed by atoms with Gasteiger partial charge in [-0.2, -0.15) is 0 Å². The van der Waals surface area contributed by atoms with Crippen LogP contribution in [0.1, 0.15) is 30.6 Å². The normalized spacial score (nSPS) is 12.3. The molecule has 4 nitrogen and oxygen atoms in total. The van der Waals surface area contributed by atoms with Crippen LogP contribution in [0.4, 0.5) is 0 Å². The number of nitrogens with one attached hydrogen (secondary N) is 1. The molecule has 0 fully saturated rings. The summed E-state index contributed by atoms with van der Waals surface area (Å²) in [5.74, 6) is 0.333. The molecule has 0 aliphatic rings. The Morgan fingerprint density at radius 3 is 2.78 bits per heavy atom. The number of benzene rings is 1. The first kappa shape index (κ1) is 12.5. The number of hydrogen-bond donors (Lipinski definition) is 2. The highest BCUT2D eigenvalue weighted by molar-refractivity contribution is 5.34. The minimum atomic E-state index is 0.126. The Labute approximate surface area is 107 Å². The van der Waals surface area contributed by atoms with Gasteiger partial charge in [-0.05, 0) is 18.6 Å². The third-order valence-corrected chi connectivity index (χ3v) is 2.89. The van der Waals surface area contributed by atoms with E-state index in [9.17, 15) is 5.11 Å². The van der Waals surface area contributed by atoms with Crippen molar-refractivity contribution in [1.29, 1.82) is 0 Å². The molecule has 2 aromatic rings. The molecule has 1 heterocycles. The molecule has 0 spiro atoms. The first-order valence-corrected chi connectivity index (χ1v) is 6.07. The van der Waals surface area contributed by atoms with Gasteiger partial charge in [0.1, 0.15) is 12.1 Å². The third kappa shape index (κ3) is 3.05. The Morgan fingerprint density at radius 2 is 2.11 bits per heavy atom. The van der Waals surface area contributed by atoms with E-state index in [1.54, 1.807) is 12.3 Å². The van der Waals surface area contributed by atoms with Crippen LogP contribution in [0, 0.1) is 0 Å². The highest BCUT2D eigenvalue weighted by Crippen LogP contribution is 2.25. The van der Waals surface area contributed by atoms with Gasteiger partial charge in [-0.15, -0.1) is 0 Å². The number of nitrogens with zero attached hydrogens (tertiary/aromatic N) is 2. The van der Waals surface area contributed by atoms with Crippen LogP contribution in [0.25, 0.3) is 0 Å². The van der Waals surface area contributed by atoms with E-state index >= 15 is 0 Å². The van der Waals surface area contributed by atoms with E-state index in [0.29, 0.717) is 12.3 Å². The molecule has 1 aromatic heterocycles. The number of aromatic hydroxyl groups is 1. The summed E-state index contributed by atoms with van der Waals surface area (Å²) in [6.45, 7) is 2.75. The van der Waals surface area contributed by atoms with E-state index in [1.165, 1.54) is 6.33 Å². The Morgan fingerprint density at radius 1 is 1.28 bits per heavy atom. The third-order valence-electron chi connectivity index (χ3n) is 2.89. The van der Waals surface area contributed by atoms with Gasteiger partial charge in [0.15, 0.2) is 0 Å². The van der Waals surface area contributed by atoms with Crippen LogP contribution in [0.3, 0.4) is 0 Å². The lowest BCUT2D eigenvalue weighted by Gasteiger charge is -2.18. The number of phenolic OH excluding ortho intramolecular Hbond substituents is 1. The van der Waals surface area contributed by atoms with E-state index in [0.717, 1.165) is 17.7 Å². The van der Waals surface area contributed by atoms with Crippen molar-refractivity contribution >= 4 is 0 Å². The predicted molar refractivity (Wildman–Crippen MR) is 70.0 cm³/mol. The monoisotopic (exact) mass is 243 g/mol. The van der Waals surface area contributed by atoms with E-state index in [-0.39, 0.29) is 6.04 Å². The zero-order valence-electron chi connectivity index (χ0n) is 10.4. The number of rotatable bonds is 5. The molecule has 0 amide bonds. The average Bonchev–Trinajstić information content (AvgIpc) is 2.42. The summed E-state index contributed by atoms with van der Waals surface area (Å²) >= 11 is 0. The molecule has 4 heteroatoms. The Kier molecular flexibility index (Phi) is 4.25. The van der Waals surface area contributed by atoms with Crippen molar-refractivity contribution < 1.29 is 5.11 Å². The number of hydrogen-bond acceptors (Lipinski definition) is 4. The molecule has 1 aromatic carbocycles. The van der Waals surface area contributed by atoms with Crippen molar-refractivity contribution in [2.75, 3.05) is 0 Å². The van der Waals surface area contributed by atoms with E-state index in [2.05, 4.69) is 22.2 Å². The largest absolute Gasteiger partial charge is 0.508 e. The maximum absolute atomic E-state index is 9.84. The maximum atomic E-state index is 9.84. The topological polar surface area (TPSA) is 58.0 Å². The van der Waals surface area contributed by atoms with Crippen LogP contribution in [0.5, 0.6) is 5.75 Å². The van der Waals surface area contributed by atoms with Crippen LogP contribution in [0.15, 0.2) is 42.9 Å². The molecule has 0 aliphatic carbocycles. The molecule has 0 saturated carbocycles. The minimum absolute atomic E-state index is 0.126.